The van der Waals surface area contributed by atoms with Gasteiger partial charge in [0.2, 0.25) is 0 Å². The second-order valence-corrected chi connectivity index (χ2v) is 6.12. The van der Waals surface area contributed by atoms with Crippen LogP contribution in [0, 0.1) is 0 Å². The van der Waals surface area contributed by atoms with Crippen LogP contribution in [0.25, 0.3) is 0 Å². The van der Waals surface area contributed by atoms with Crippen molar-refractivity contribution in [2.75, 3.05) is 6.54 Å². The highest BCUT2D eigenvalue weighted by Crippen LogP contribution is 2.35. The Balaban J connectivity index is 2.18. The first-order chi connectivity index (χ1) is 10.6. The summed E-state index contributed by atoms with van der Waals surface area (Å²) in [6.07, 6.45) is 1.20. The fourth-order valence-corrected chi connectivity index (χ4v) is 2.94. The molecule has 0 aromatic heterocycles. The van der Waals surface area contributed by atoms with Crippen LogP contribution in [0.5, 0.6) is 5.75 Å². The van der Waals surface area contributed by atoms with Crippen molar-refractivity contribution >= 4 is 0 Å². The molecule has 2 atom stereocenters. The average Bonchev–Trinajstić information content (AvgIpc) is 2.53. The van der Waals surface area contributed by atoms with Crippen LogP contribution in [0.3, 0.4) is 0 Å². The molecule has 2 heteroatoms. The lowest BCUT2D eigenvalue weighted by Crippen LogP contribution is -2.14. The zero-order chi connectivity index (χ0) is 15.9. The molecule has 0 aliphatic rings. The summed E-state index contributed by atoms with van der Waals surface area (Å²) in [4.78, 5) is 0. The molecule has 0 heterocycles. The first-order valence-electron chi connectivity index (χ1n) is 8.13. The molecule has 2 rings (SSSR count). The van der Waals surface area contributed by atoms with Crippen LogP contribution in [0.4, 0.5) is 0 Å². The van der Waals surface area contributed by atoms with E-state index in [2.05, 4.69) is 61.5 Å². The molecular formula is C20H27NO. The lowest BCUT2D eigenvalue weighted by Gasteiger charge is -2.25. The van der Waals surface area contributed by atoms with Gasteiger partial charge < -0.3 is 10.5 Å². The van der Waals surface area contributed by atoms with Crippen LogP contribution < -0.4 is 10.5 Å². The van der Waals surface area contributed by atoms with Crippen LogP contribution in [0.2, 0.25) is 0 Å². The molecule has 0 amide bonds. The van der Waals surface area contributed by atoms with Crippen LogP contribution in [-0.4, -0.2) is 12.6 Å². The van der Waals surface area contributed by atoms with Gasteiger partial charge in [0.05, 0.1) is 6.10 Å². The third kappa shape index (κ3) is 4.35. The van der Waals surface area contributed by atoms with Crippen LogP contribution >= 0.6 is 0 Å². The standard InChI is InChI=1S/C20H27NO/c1-15(2)22-19-11-9-17(10-12-19)16(3)20(13-14-21)18-7-5-4-6-8-18/h4-12,15-16,20H,13-14,21H2,1-3H3. The van der Waals surface area contributed by atoms with Crippen molar-refractivity contribution in [2.45, 2.75) is 45.1 Å². The highest BCUT2D eigenvalue weighted by atomic mass is 16.5. The van der Waals surface area contributed by atoms with Gasteiger partial charge in [0, 0.05) is 0 Å². The fourth-order valence-electron chi connectivity index (χ4n) is 2.94. The van der Waals surface area contributed by atoms with Gasteiger partial charge in [-0.1, -0.05) is 49.4 Å². The molecular weight excluding hydrogens is 270 g/mol. The molecule has 0 aliphatic carbocycles. The maximum absolute atomic E-state index is 5.84. The Morgan fingerprint density at radius 2 is 1.50 bits per heavy atom. The van der Waals surface area contributed by atoms with E-state index in [-0.39, 0.29) is 6.10 Å². The van der Waals surface area contributed by atoms with Crippen molar-refractivity contribution in [3.63, 3.8) is 0 Å². The average molecular weight is 297 g/mol. The minimum absolute atomic E-state index is 0.206. The Morgan fingerprint density at radius 3 is 2.05 bits per heavy atom. The molecule has 2 N–H and O–H groups in total. The normalized spacial score (nSPS) is 13.9. The van der Waals surface area contributed by atoms with E-state index in [1.807, 2.05) is 13.8 Å². The lowest BCUT2D eigenvalue weighted by atomic mass is 9.80. The number of benzene rings is 2. The topological polar surface area (TPSA) is 35.2 Å². The SMILES string of the molecule is CC(C)Oc1ccc(C(C)C(CCN)c2ccccc2)cc1. The lowest BCUT2D eigenvalue weighted by molar-refractivity contribution is 0.242. The molecule has 2 unspecified atom stereocenters. The summed E-state index contributed by atoms with van der Waals surface area (Å²) in [5.74, 6) is 1.81. The molecule has 0 saturated heterocycles. The Kier molecular flexibility index (Phi) is 6.02. The quantitative estimate of drug-likeness (QED) is 0.803. The molecule has 2 nitrogen and oxygen atoms in total. The van der Waals surface area contributed by atoms with Crippen molar-refractivity contribution in [1.82, 2.24) is 0 Å². The summed E-state index contributed by atoms with van der Waals surface area (Å²) < 4.78 is 5.72. The minimum atomic E-state index is 0.206. The largest absolute Gasteiger partial charge is 0.491 e. The van der Waals surface area contributed by atoms with Gasteiger partial charge in [-0.2, -0.15) is 0 Å². The van der Waals surface area contributed by atoms with E-state index in [1.54, 1.807) is 0 Å². The van der Waals surface area contributed by atoms with Gasteiger partial charge in [0.15, 0.2) is 0 Å². The summed E-state index contributed by atoms with van der Waals surface area (Å²) in [6, 6.07) is 19.2. The van der Waals surface area contributed by atoms with Crippen molar-refractivity contribution in [3.8, 4) is 5.75 Å². The highest BCUT2D eigenvalue weighted by molar-refractivity contribution is 5.32. The smallest absolute Gasteiger partial charge is 0.119 e. The third-order valence-electron chi connectivity index (χ3n) is 4.09. The van der Waals surface area contributed by atoms with E-state index >= 15 is 0 Å². The number of ether oxygens (including phenoxy) is 1. The summed E-state index contributed by atoms with van der Waals surface area (Å²) in [6.45, 7) is 7.08. The zero-order valence-electron chi connectivity index (χ0n) is 13.8. The zero-order valence-corrected chi connectivity index (χ0v) is 13.8. The predicted molar refractivity (Wildman–Crippen MR) is 93.5 cm³/mol. The number of hydrogen-bond acceptors (Lipinski definition) is 2. The van der Waals surface area contributed by atoms with Crippen molar-refractivity contribution < 1.29 is 4.74 Å². The molecule has 0 spiro atoms. The van der Waals surface area contributed by atoms with E-state index in [0.29, 0.717) is 18.4 Å². The molecule has 2 aromatic rings. The third-order valence-corrected chi connectivity index (χ3v) is 4.09. The summed E-state index contributed by atoms with van der Waals surface area (Å²) in [7, 11) is 0. The van der Waals surface area contributed by atoms with Crippen LogP contribution in [0.15, 0.2) is 54.6 Å². The Morgan fingerprint density at radius 1 is 0.864 bits per heavy atom. The first-order valence-corrected chi connectivity index (χ1v) is 8.13. The maximum atomic E-state index is 5.84. The second-order valence-electron chi connectivity index (χ2n) is 6.12. The molecule has 0 saturated carbocycles. The summed E-state index contributed by atoms with van der Waals surface area (Å²) in [5, 5.41) is 0. The van der Waals surface area contributed by atoms with Gasteiger partial charge in [-0.05, 0) is 61.9 Å². The van der Waals surface area contributed by atoms with E-state index in [0.717, 1.165) is 12.2 Å². The Labute approximate surface area is 134 Å². The van der Waals surface area contributed by atoms with Gasteiger partial charge in [0.25, 0.3) is 0 Å². The van der Waals surface area contributed by atoms with Gasteiger partial charge in [-0.3, -0.25) is 0 Å². The molecule has 0 radical (unpaired) electrons. The monoisotopic (exact) mass is 297 g/mol. The van der Waals surface area contributed by atoms with Crippen LogP contribution in [-0.2, 0) is 0 Å². The molecule has 22 heavy (non-hydrogen) atoms. The Bertz CT molecular complexity index is 548. The minimum Gasteiger partial charge on any atom is -0.491 e. The molecule has 0 fully saturated rings. The van der Waals surface area contributed by atoms with Gasteiger partial charge in [0.1, 0.15) is 5.75 Å². The second kappa shape index (κ2) is 8.00. The summed E-state index contributed by atoms with van der Waals surface area (Å²) in [5.41, 5.74) is 8.54. The van der Waals surface area contributed by atoms with Gasteiger partial charge >= 0.3 is 0 Å². The number of rotatable bonds is 7. The number of nitrogens with two attached hydrogens (primary N) is 1. The Hall–Kier alpha value is -1.80. The van der Waals surface area contributed by atoms with Crippen molar-refractivity contribution in [1.29, 1.82) is 0 Å². The first kappa shape index (κ1) is 16.6. The van der Waals surface area contributed by atoms with E-state index < -0.39 is 0 Å². The fraction of sp³-hybridized carbons (Fsp3) is 0.400. The van der Waals surface area contributed by atoms with E-state index in [9.17, 15) is 0 Å². The van der Waals surface area contributed by atoms with E-state index in [1.165, 1.54) is 11.1 Å². The van der Waals surface area contributed by atoms with Crippen LogP contribution in [0.1, 0.15) is 50.2 Å². The predicted octanol–water partition coefficient (Wildman–Crippen LogP) is 4.71. The van der Waals surface area contributed by atoms with Gasteiger partial charge in [-0.25, -0.2) is 0 Å². The van der Waals surface area contributed by atoms with Gasteiger partial charge in [-0.15, -0.1) is 0 Å². The maximum Gasteiger partial charge on any atom is 0.119 e. The molecule has 2 aromatic carbocycles. The van der Waals surface area contributed by atoms with Crippen molar-refractivity contribution in [3.05, 3.63) is 65.7 Å². The van der Waals surface area contributed by atoms with Crippen molar-refractivity contribution in [2.24, 2.45) is 5.73 Å². The summed E-state index contributed by atoms with van der Waals surface area (Å²) >= 11 is 0. The highest BCUT2D eigenvalue weighted by Gasteiger charge is 2.20. The molecule has 0 aliphatic heterocycles. The van der Waals surface area contributed by atoms with E-state index in [4.69, 9.17) is 10.5 Å². The molecule has 118 valence electrons. The molecule has 0 bridgehead atoms. The number of hydrogen-bond donors (Lipinski definition) is 1.